The van der Waals surface area contributed by atoms with Crippen LogP contribution in [0, 0.1) is 5.92 Å². The van der Waals surface area contributed by atoms with Crippen LogP contribution >= 0.6 is 0 Å². The van der Waals surface area contributed by atoms with Crippen LogP contribution in [0.15, 0.2) is 47.1 Å². The van der Waals surface area contributed by atoms with Gasteiger partial charge >= 0.3 is 5.97 Å². The lowest BCUT2D eigenvalue weighted by Crippen LogP contribution is -2.33. The Morgan fingerprint density at radius 2 is 1.93 bits per heavy atom. The van der Waals surface area contributed by atoms with E-state index in [2.05, 4.69) is 19.2 Å². The van der Waals surface area contributed by atoms with Crippen molar-refractivity contribution in [1.82, 2.24) is 4.90 Å². The fourth-order valence-corrected chi connectivity index (χ4v) is 3.19. The lowest BCUT2D eigenvalue weighted by Gasteiger charge is -2.17. The molecule has 1 aromatic heterocycles. The van der Waals surface area contributed by atoms with E-state index in [9.17, 15) is 14.4 Å². The fraction of sp³-hybridized carbons (Fsp3) is 0.409. The molecule has 2 aromatic rings. The number of nitrogens with zero attached hydrogens (tertiary/aromatic N) is 1. The second-order valence-electron chi connectivity index (χ2n) is 7.60. The molecule has 2 amide bonds. The van der Waals surface area contributed by atoms with E-state index in [0.717, 1.165) is 0 Å². The number of anilines is 1. The highest BCUT2D eigenvalue weighted by Crippen LogP contribution is 2.22. The molecule has 2 heterocycles. The van der Waals surface area contributed by atoms with E-state index in [0.29, 0.717) is 23.9 Å². The molecule has 0 spiro atoms. The molecular formula is C22H26N2O5. The number of hydrogen-bond donors (Lipinski definition) is 1. The summed E-state index contributed by atoms with van der Waals surface area (Å²) in [4.78, 5) is 38.5. The number of hydrogen-bond acceptors (Lipinski definition) is 5. The first-order valence-corrected chi connectivity index (χ1v) is 9.75. The zero-order valence-electron chi connectivity index (χ0n) is 16.9. The molecule has 3 rings (SSSR count). The summed E-state index contributed by atoms with van der Waals surface area (Å²) in [6, 6.07) is 11.1. The van der Waals surface area contributed by atoms with Gasteiger partial charge in [-0.25, -0.2) is 0 Å². The van der Waals surface area contributed by atoms with Gasteiger partial charge in [-0.15, -0.1) is 0 Å². The number of rotatable bonds is 7. The number of carbonyl (C=O) groups is 3. The maximum Gasteiger partial charge on any atom is 0.312 e. The van der Waals surface area contributed by atoms with Crippen LogP contribution in [0.4, 0.5) is 5.69 Å². The Morgan fingerprint density at radius 1 is 1.21 bits per heavy atom. The SMILES string of the molecule is CC(C)c1ccc(NC(=O)[C@@H](C)OC(=O)[C@@H]2CC(=O)N(Cc3ccco3)C2)cc1. The maximum atomic E-state index is 12.4. The van der Waals surface area contributed by atoms with Gasteiger partial charge in [0.1, 0.15) is 5.76 Å². The summed E-state index contributed by atoms with van der Waals surface area (Å²) in [6.07, 6.45) is 0.657. The van der Waals surface area contributed by atoms with Crippen molar-refractivity contribution < 1.29 is 23.5 Å². The largest absolute Gasteiger partial charge is 0.467 e. The van der Waals surface area contributed by atoms with E-state index in [-0.39, 0.29) is 18.9 Å². The van der Waals surface area contributed by atoms with E-state index in [1.807, 2.05) is 24.3 Å². The number of ether oxygens (including phenoxy) is 1. The first kappa shape index (κ1) is 20.6. The van der Waals surface area contributed by atoms with Crippen molar-refractivity contribution in [2.24, 2.45) is 5.92 Å². The molecule has 7 nitrogen and oxygen atoms in total. The highest BCUT2D eigenvalue weighted by atomic mass is 16.5. The van der Waals surface area contributed by atoms with Crippen LogP contribution < -0.4 is 5.32 Å². The van der Waals surface area contributed by atoms with E-state index in [1.54, 1.807) is 17.0 Å². The average molecular weight is 398 g/mol. The molecule has 0 saturated carbocycles. The third-order valence-electron chi connectivity index (χ3n) is 4.98. The van der Waals surface area contributed by atoms with Gasteiger partial charge in [-0.1, -0.05) is 26.0 Å². The Kier molecular flexibility index (Phi) is 6.36. The highest BCUT2D eigenvalue weighted by molar-refractivity contribution is 5.95. The number of nitrogens with one attached hydrogen (secondary N) is 1. The van der Waals surface area contributed by atoms with E-state index >= 15 is 0 Å². The number of amides is 2. The van der Waals surface area contributed by atoms with Crippen molar-refractivity contribution in [2.75, 3.05) is 11.9 Å². The topological polar surface area (TPSA) is 88.8 Å². The zero-order chi connectivity index (χ0) is 21.0. The standard InChI is InChI=1S/C22H26N2O5/c1-14(2)16-6-8-18(9-7-16)23-21(26)15(3)29-22(27)17-11-20(25)24(12-17)13-19-5-4-10-28-19/h4-10,14-15,17H,11-13H2,1-3H3,(H,23,26)/t15-,17-/m1/s1. The molecule has 1 aliphatic rings. The van der Waals surface area contributed by atoms with Gasteiger partial charge in [0.05, 0.1) is 18.7 Å². The third kappa shape index (κ3) is 5.25. The van der Waals surface area contributed by atoms with Crippen molar-refractivity contribution >= 4 is 23.5 Å². The van der Waals surface area contributed by atoms with Crippen molar-refractivity contribution in [1.29, 1.82) is 0 Å². The van der Waals surface area contributed by atoms with Crippen molar-refractivity contribution in [2.45, 2.75) is 45.8 Å². The third-order valence-corrected chi connectivity index (χ3v) is 4.98. The summed E-state index contributed by atoms with van der Waals surface area (Å²) in [6.45, 7) is 6.28. The van der Waals surface area contributed by atoms with Crippen LogP contribution in [0.25, 0.3) is 0 Å². The van der Waals surface area contributed by atoms with Gasteiger partial charge in [-0.2, -0.15) is 0 Å². The normalized spacial score (nSPS) is 17.4. The van der Waals surface area contributed by atoms with Gasteiger partial charge in [0.2, 0.25) is 5.91 Å². The van der Waals surface area contributed by atoms with Crippen molar-refractivity contribution in [3.05, 3.63) is 54.0 Å². The minimum Gasteiger partial charge on any atom is -0.467 e. The molecule has 7 heteroatoms. The first-order chi connectivity index (χ1) is 13.8. The smallest absolute Gasteiger partial charge is 0.312 e. The summed E-state index contributed by atoms with van der Waals surface area (Å²) >= 11 is 0. The van der Waals surface area contributed by atoms with Crippen LogP contribution in [0.2, 0.25) is 0 Å². The Balaban J connectivity index is 1.50. The minimum atomic E-state index is -0.957. The molecular weight excluding hydrogens is 372 g/mol. The summed E-state index contributed by atoms with van der Waals surface area (Å²) in [5, 5.41) is 2.75. The minimum absolute atomic E-state index is 0.0740. The van der Waals surface area contributed by atoms with Gasteiger partial charge in [-0.3, -0.25) is 14.4 Å². The molecule has 1 aliphatic heterocycles. The van der Waals surface area contributed by atoms with Crippen LogP contribution in [0.5, 0.6) is 0 Å². The Labute approximate surface area is 170 Å². The first-order valence-electron chi connectivity index (χ1n) is 9.75. The molecule has 0 aliphatic carbocycles. The van der Waals surface area contributed by atoms with Gasteiger partial charge in [0.25, 0.3) is 5.91 Å². The lowest BCUT2D eigenvalue weighted by molar-refractivity contribution is -0.157. The van der Waals surface area contributed by atoms with E-state index in [4.69, 9.17) is 9.15 Å². The van der Waals surface area contributed by atoms with Crippen LogP contribution in [0.1, 0.15) is 44.4 Å². The monoisotopic (exact) mass is 398 g/mol. The summed E-state index contributed by atoms with van der Waals surface area (Å²) < 4.78 is 10.6. The maximum absolute atomic E-state index is 12.4. The van der Waals surface area contributed by atoms with Crippen LogP contribution in [-0.4, -0.2) is 35.3 Å². The molecule has 29 heavy (non-hydrogen) atoms. The van der Waals surface area contributed by atoms with E-state index < -0.39 is 23.9 Å². The molecule has 1 saturated heterocycles. The Hall–Kier alpha value is -3.09. The van der Waals surface area contributed by atoms with E-state index in [1.165, 1.54) is 18.8 Å². The lowest BCUT2D eigenvalue weighted by atomic mass is 10.0. The van der Waals surface area contributed by atoms with Crippen LogP contribution in [0.3, 0.4) is 0 Å². The summed E-state index contributed by atoms with van der Waals surface area (Å²) in [5.41, 5.74) is 1.82. The van der Waals surface area contributed by atoms with Crippen molar-refractivity contribution in [3.63, 3.8) is 0 Å². The predicted octanol–water partition coefficient (Wildman–Crippen LogP) is 3.32. The molecule has 0 unspecified atom stereocenters. The molecule has 1 N–H and O–H groups in total. The summed E-state index contributed by atoms with van der Waals surface area (Å²) in [7, 11) is 0. The highest BCUT2D eigenvalue weighted by Gasteiger charge is 2.36. The van der Waals surface area contributed by atoms with Gasteiger partial charge in [0, 0.05) is 18.7 Å². The number of likely N-dealkylation sites (tertiary alicyclic amines) is 1. The number of carbonyl (C=O) groups excluding carboxylic acids is 3. The average Bonchev–Trinajstić information content (AvgIpc) is 3.32. The fourth-order valence-electron chi connectivity index (χ4n) is 3.19. The molecule has 0 radical (unpaired) electrons. The molecule has 1 aromatic carbocycles. The van der Waals surface area contributed by atoms with Gasteiger partial charge < -0.3 is 19.4 Å². The molecule has 2 atom stereocenters. The Morgan fingerprint density at radius 3 is 2.55 bits per heavy atom. The molecule has 0 bridgehead atoms. The predicted molar refractivity (Wildman–Crippen MR) is 107 cm³/mol. The van der Waals surface area contributed by atoms with Crippen molar-refractivity contribution in [3.8, 4) is 0 Å². The number of benzene rings is 1. The number of esters is 1. The molecule has 154 valence electrons. The van der Waals surface area contributed by atoms with Crippen LogP contribution in [-0.2, 0) is 25.7 Å². The van der Waals surface area contributed by atoms with Gasteiger partial charge in [-0.05, 0) is 42.7 Å². The quantitative estimate of drug-likeness (QED) is 0.723. The molecule has 1 fully saturated rings. The Bertz CT molecular complexity index is 858. The summed E-state index contributed by atoms with van der Waals surface area (Å²) in [5.74, 6) is -0.612. The zero-order valence-corrected chi connectivity index (χ0v) is 16.9. The second kappa shape index (κ2) is 8.94. The second-order valence-corrected chi connectivity index (χ2v) is 7.60. The number of furan rings is 1. The van der Waals surface area contributed by atoms with Gasteiger partial charge in [0.15, 0.2) is 6.10 Å².